The zero-order chi connectivity index (χ0) is 12.1. The minimum Gasteiger partial charge on any atom is -0.313 e. The summed E-state index contributed by atoms with van der Waals surface area (Å²) < 4.78 is 13.6. The predicted molar refractivity (Wildman–Crippen MR) is 68.6 cm³/mol. The van der Waals surface area contributed by atoms with Crippen molar-refractivity contribution in [3.63, 3.8) is 0 Å². The molecule has 2 heterocycles. The molecule has 2 nitrogen and oxygen atoms in total. The van der Waals surface area contributed by atoms with Gasteiger partial charge in [0, 0.05) is 17.8 Å². The Morgan fingerprint density at radius 3 is 3.00 bits per heavy atom. The first-order chi connectivity index (χ1) is 8.31. The van der Waals surface area contributed by atoms with Crippen molar-refractivity contribution in [1.29, 1.82) is 0 Å². The second kappa shape index (κ2) is 5.89. The molecule has 0 spiro atoms. The van der Waals surface area contributed by atoms with E-state index in [2.05, 4.69) is 27.1 Å². The normalized spacial score (nSPS) is 12.6. The van der Waals surface area contributed by atoms with Gasteiger partial charge in [0.25, 0.3) is 0 Å². The highest BCUT2D eigenvalue weighted by Crippen LogP contribution is 2.21. The van der Waals surface area contributed by atoms with Gasteiger partial charge in [-0.25, -0.2) is 4.39 Å². The van der Waals surface area contributed by atoms with E-state index < -0.39 is 0 Å². The largest absolute Gasteiger partial charge is 0.313 e. The molecule has 2 aromatic heterocycles. The molecule has 0 aliphatic carbocycles. The molecule has 0 radical (unpaired) electrons. The average Bonchev–Trinajstić information content (AvgIpc) is 2.85. The number of halogens is 1. The van der Waals surface area contributed by atoms with E-state index >= 15 is 0 Å². The molecule has 2 rings (SSSR count). The first-order valence-electron chi connectivity index (χ1n) is 5.59. The average molecular weight is 250 g/mol. The van der Waals surface area contributed by atoms with Crippen LogP contribution in [0, 0.1) is 5.82 Å². The van der Waals surface area contributed by atoms with Crippen LogP contribution in [0.4, 0.5) is 4.39 Å². The molecule has 0 saturated carbocycles. The maximum absolute atomic E-state index is 13.6. The third-order valence-electron chi connectivity index (χ3n) is 2.83. The lowest BCUT2D eigenvalue weighted by Gasteiger charge is -2.16. The lowest BCUT2D eigenvalue weighted by Crippen LogP contribution is -2.18. The van der Waals surface area contributed by atoms with Crippen molar-refractivity contribution in [1.82, 2.24) is 10.3 Å². The van der Waals surface area contributed by atoms with E-state index in [4.69, 9.17) is 0 Å². The van der Waals surface area contributed by atoms with Gasteiger partial charge in [0.2, 0.25) is 0 Å². The Morgan fingerprint density at radius 1 is 1.47 bits per heavy atom. The second-order valence-corrected chi connectivity index (χ2v) is 4.69. The summed E-state index contributed by atoms with van der Waals surface area (Å²) in [5.41, 5.74) is 2.00. The number of thiophene rings is 1. The minimum absolute atomic E-state index is 0.0397. The van der Waals surface area contributed by atoms with Gasteiger partial charge in [0.15, 0.2) is 0 Å². The van der Waals surface area contributed by atoms with Crippen LogP contribution in [-0.2, 0) is 6.42 Å². The Labute approximate surface area is 105 Å². The smallest absolute Gasteiger partial charge is 0.146 e. The quantitative estimate of drug-likeness (QED) is 0.881. The van der Waals surface area contributed by atoms with Crippen LogP contribution >= 0.6 is 11.3 Å². The second-order valence-electron chi connectivity index (χ2n) is 3.91. The van der Waals surface area contributed by atoms with Crippen molar-refractivity contribution in [3.8, 4) is 0 Å². The van der Waals surface area contributed by atoms with Crippen LogP contribution in [0.25, 0.3) is 0 Å². The predicted octanol–water partition coefficient (Wildman–Crippen LogP) is 3.18. The Hall–Kier alpha value is -1.26. The monoisotopic (exact) mass is 250 g/mol. The van der Waals surface area contributed by atoms with Crippen molar-refractivity contribution < 1.29 is 4.39 Å². The highest BCUT2D eigenvalue weighted by Gasteiger charge is 2.13. The van der Waals surface area contributed by atoms with E-state index in [0.717, 1.165) is 12.8 Å². The first-order valence-corrected chi connectivity index (χ1v) is 6.53. The molecule has 0 amide bonds. The molecule has 0 aromatic carbocycles. The van der Waals surface area contributed by atoms with Gasteiger partial charge in [-0.1, -0.05) is 0 Å². The Bertz CT molecular complexity index is 456. The molecule has 0 fully saturated rings. The van der Waals surface area contributed by atoms with Crippen molar-refractivity contribution >= 4 is 11.3 Å². The van der Waals surface area contributed by atoms with Gasteiger partial charge in [-0.15, -0.1) is 0 Å². The molecule has 1 N–H and O–H groups in total. The summed E-state index contributed by atoms with van der Waals surface area (Å²) in [5.74, 6) is -0.239. The summed E-state index contributed by atoms with van der Waals surface area (Å²) >= 11 is 1.69. The summed E-state index contributed by atoms with van der Waals surface area (Å²) in [6.07, 6.45) is 4.74. The molecule has 0 aliphatic heterocycles. The zero-order valence-corrected chi connectivity index (χ0v) is 10.5. The van der Waals surface area contributed by atoms with Crippen molar-refractivity contribution in [2.45, 2.75) is 18.9 Å². The van der Waals surface area contributed by atoms with Gasteiger partial charge >= 0.3 is 0 Å². The van der Waals surface area contributed by atoms with Gasteiger partial charge in [-0.2, -0.15) is 11.3 Å². The number of nitrogens with one attached hydrogen (secondary N) is 1. The Balaban J connectivity index is 2.04. The summed E-state index contributed by atoms with van der Waals surface area (Å²) in [6.45, 7) is 0. The Morgan fingerprint density at radius 2 is 2.35 bits per heavy atom. The number of aromatic nitrogens is 1. The van der Waals surface area contributed by atoms with Crippen LogP contribution in [0.2, 0.25) is 0 Å². The third-order valence-corrected chi connectivity index (χ3v) is 3.56. The number of aryl methyl sites for hydroxylation is 1. The van der Waals surface area contributed by atoms with Gasteiger partial charge < -0.3 is 5.32 Å². The molecule has 0 aliphatic rings. The molecule has 1 unspecified atom stereocenters. The molecule has 0 saturated heterocycles. The van der Waals surface area contributed by atoms with Crippen molar-refractivity contribution in [2.75, 3.05) is 7.05 Å². The maximum atomic E-state index is 13.6. The van der Waals surface area contributed by atoms with E-state index in [0.29, 0.717) is 5.56 Å². The topological polar surface area (TPSA) is 24.9 Å². The standard InChI is InChI=1S/C13H15FN2S/c1-15-13(3-2-10-5-7-17-9-10)11-4-6-16-8-12(11)14/h4-9,13,15H,2-3H2,1H3. The van der Waals surface area contributed by atoms with Crippen LogP contribution in [0.15, 0.2) is 35.3 Å². The fourth-order valence-electron chi connectivity index (χ4n) is 1.87. The van der Waals surface area contributed by atoms with Gasteiger partial charge in [-0.3, -0.25) is 4.98 Å². The van der Waals surface area contributed by atoms with Gasteiger partial charge in [0.1, 0.15) is 5.82 Å². The SMILES string of the molecule is CNC(CCc1ccsc1)c1ccncc1F. The lowest BCUT2D eigenvalue weighted by atomic mass is 10.0. The van der Waals surface area contributed by atoms with E-state index in [9.17, 15) is 4.39 Å². The first kappa shape index (κ1) is 12.2. The van der Waals surface area contributed by atoms with Crippen molar-refractivity contribution in [3.05, 3.63) is 52.2 Å². The number of pyridine rings is 1. The minimum atomic E-state index is -0.239. The van der Waals surface area contributed by atoms with Gasteiger partial charge in [0.05, 0.1) is 6.20 Å². The lowest BCUT2D eigenvalue weighted by molar-refractivity contribution is 0.506. The summed E-state index contributed by atoms with van der Waals surface area (Å²) in [5, 5.41) is 7.36. The number of rotatable bonds is 5. The van der Waals surface area contributed by atoms with E-state index in [1.807, 2.05) is 7.05 Å². The molecule has 90 valence electrons. The Kier molecular flexibility index (Phi) is 4.23. The van der Waals surface area contributed by atoms with E-state index in [1.54, 1.807) is 23.6 Å². The summed E-state index contributed by atoms with van der Waals surface area (Å²) in [4.78, 5) is 3.77. The molecule has 1 atom stereocenters. The highest BCUT2D eigenvalue weighted by atomic mass is 32.1. The molecular weight excluding hydrogens is 235 g/mol. The number of hydrogen-bond acceptors (Lipinski definition) is 3. The zero-order valence-electron chi connectivity index (χ0n) is 9.69. The van der Waals surface area contributed by atoms with Gasteiger partial charge in [-0.05, 0) is 48.3 Å². The molecule has 4 heteroatoms. The summed E-state index contributed by atoms with van der Waals surface area (Å²) in [7, 11) is 1.86. The van der Waals surface area contributed by atoms with Crippen LogP contribution < -0.4 is 5.32 Å². The maximum Gasteiger partial charge on any atom is 0.146 e. The van der Waals surface area contributed by atoms with Crippen LogP contribution in [-0.4, -0.2) is 12.0 Å². The number of nitrogens with zero attached hydrogens (tertiary/aromatic N) is 1. The fourth-order valence-corrected chi connectivity index (χ4v) is 2.57. The van der Waals surface area contributed by atoms with Crippen LogP contribution in [0.1, 0.15) is 23.6 Å². The summed E-state index contributed by atoms with van der Waals surface area (Å²) in [6, 6.07) is 3.89. The van der Waals surface area contributed by atoms with Crippen LogP contribution in [0.5, 0.6) is 0 Å². The molecular formula is C13H15FN2S. The van der Waals surface area contributed by atoms with E-state index in [-0.39, 0.29) is 11.9 Å². The molecule has 0 bridgehead atoms. The number of hydrogen-bond donors (Lipinski definition) is 1. The van der Waals surface area contributed by atoms with Crippen LogP contribution in [0.3, 0.4) is 0 Å². The molecule has 2 aromatic rings. The fraction of sp³-hybridized carbons (Fsp3) is 0.308. The molecule has 17 heavy (non-hydrogen) atoms. The van der Waals surface area contributed by atoms with Crippen molar-refractivity contribution in [2.24, 2.45) is 0 Å². The highest BCUT2D eigenvalue weighted by molar-refractivity contribution is 7.07. The third kappa shape index (κ3) is 3.11. The van der Waals surface area contributed by atoms with E-state index in [1.165, 1.54) is 11.8 Å².